The summed E-state index contributed by atoms with van der Waals surface area (Å²) < 4.78 is 0. The van der Waals surface area contributed by atoms with Crippen LogP contribution in [0.15, 0.2) is 12.5 Å². The zero-order chi connectivity index (χ0) is 24.8. The number of H-pyrrole nitrogens is 1. The minimum atomic E-state index is -1.20. The number of primary amides is 1. The Kier molecular flexibility index (Phi) is 8.21. The lowest BCUT2D eigenvalue weighted by Gasteiger charge is -2.32. The monoisotopic (exact) mass is 477 g/mol. The summed E-state index contributed by atoms with van der Waals surface area (Å²) in [5.41, 5.74) is 11.6. The highest BCUT2D eigenvalue weighted by atomic mass is 16.4. The summed E-state index contributed by atoms with van der Waals surface area (Å²) in [6.07, 6.45) is 5.01. The molecule has 2 fully saturated rings. The number of nitrogens with zero attached hydrogens (tertiary/aromatic N) is 3. The van der Waals surface area contributed by atoms with Gasteiger partial charge >= 0.3 is 5.97 Å². The van der Waals surface area contributed by atoms with E-state index in [1.54, 1.807) is 0 Å². The van der Waals surface area contributed by atoms with Crippen molar-refractivity contribution in [2.75, 3.05) is 13.1 Å². The fourth-order valence-electron chi connectivity index (χ4n) is 4.50. The summed E-state index contributed by atoms with van der Waals surface area (Å²) in [6, 6.07) is -3.70. The van der Waals surface area contributed by atoms with Crippen LogP contribution in [-0.2, 0) is 30.4 Å². The number of nitrogens with one attached hydrogen (secondary N) is 2. The van der Waals surface area contributed by atoms with Gasteiger partial charge in [0.2, 0.25) is 23.6 Å². The maximum absolute atomic E-state index is 13.3. The molecule has 0 radical (unpaired) electrons. The van der Waals surface area contributed by atoms with Crippen molar-refractivity contribution in [2.45, 2.75) is 69.1 Å². The second kappa shape index (κ2) is 11.1. The first kappa shape index (κ1) is 25.1. The molecule has 13 nitrogen and oxygen atoms in total. The molecule has 7 N–H and O–H groups in total. The van der Waals surface area contributed by atoms with E-state index in [4.69, 9.17) is 11.5 Å². The molecule has 0 bridgehead atoms. The average Bonchev–Trinajstić information content (AvgIpc) is 3.57. The van der Waals surface area contributed by atoms with Crippen LogP contribution in [0.4, 0.5) is 0 Å². The summed E-state index contributed by atoms with van der Waals surface area (Å²) in [5.74, 6) is -3.09. The van der Waals surface area contributed by atoms with Crippen molar-refractivity contribution in [1.82, 2.24) is 25.1 Å². The molecule has 4 unspecified atom stereocenters. The molecule has 186 valence electrons. The molecule has 0 spiro atoms. The molecule has 4 atom stereocenters. The average molecular weight is 478 g/mol. The van der Waals surface area contributed by atoms with E-state index in [0.29, 0.717) is 44.5 Å². The van der Waals surface area contributed by atoms with Gasteiger partial charge in [0, 0.05) is 37.8 Å². The van der Waals surface area contributed by atoms with Crippen molar-refractivity contribution in [3.8, 4) is 0 Å². The third-order valence-electron chi connectivity index (χ3n) is 6.27. The van der Waals surface area contributed by atoms with Crippen molar-refractivity contribution >= 4 is 29.6 Å². The molecule has 0 saturated carbocycles. The number of carbonyl (C=O) groups excluding carboxylic acids is 4. The van der Waals surface area contributed by atoms with E-state index in [0.717, 1.165) is 0 Å². The topological polar surface area (TPSA) is 205 Å². The summed E-state index contributed by atoms with van der Waals surface area (Å²) in [4.78, 5) is 71.3. The Morgan fingerprint density at radius 1 is 1.15 bits per heavy atom. The molecule has 0 aliphatic carbocycles. The lowest BCUT2D eigenvalue weighted by Crippen LogP contribution is -2.56. The molecule has 1 aromatic heterocycles. The summed E-state index contributed by atoms with van der Waals surface area (Å²) >= 11 is 0. The van der Waals surface area contributed by atoms with Crippen molar-refractivity contribution in [2.24, 2.45) is 11.5 Å². The van der Waals surface area contributed by atoms with Crippen LogP contribution in [0.25, 0.3) is 0 Å². The smallest absolute Gasteiger partial charge is 0.326 e. The van der Waals surface area contributed by atoms with Gasteiger partial charge in [-0.15, -0.1) is 0 Å². The molecule has 1 aromatic rings. The minimum Gasteiger partial charge on any atom is -0.480 e. The molecule has 3 heterocycles. The van der Waals surface area contributed by atoms with Crippen LogP contribution in [-0.4, -0.2) is 91.7 Å². The number of imidazole rings is 1. The number of carboxylic acid groups (broad SMARTS) is 1. The van der Waals surface area contributed by atoms with Crippen LogP contribution in [0.1, 0.15) is 44.2 Å². The Balaban J connectivity index is 1.65. The highest BCUT2D eigenvalue weighted by Crippen LogP contribution is 2.26. The van der Waals surface area contributed by atoms with Gasteiger partial charge in [-0.3, -0.25) is 19.2 Å². The highest BCUT2D eigenvalue weighted by Gasteiger charge is 2.43. The number of rotatable bonds is 10. The van der Waals surface area contributed by atoms with Crippen molar-refractivity contribution in [3.05, 3.63) is 18.2 Å². The second-order valence-electron chi connectivity index (χ2n) is 8.67. The quantitative estimate of drug-likeness (QED) is 0.257. The van der Waals surface area contributed by atoms with E-state index in [2.05, 4.69) is 15.3 Å². The van der Waals surface area contributed by atoms with Gasteiger partial charge in [0.1, 0.15) is 18.1 Å². The van der Waals surface area contributed by atoms with E-state index >= 15 is 0 Å². The van der Waals surface area contributed by atoms with E-state index < -0.39 is 47.9 Å². The molecule has 4 amide bonds. The normalized spacial score (nSPS) is 21.8. The van der Waals surface area contributed by atoms with Gasteiger partial charge in [0.05, 0.1) is 12.4 Å². The maximum Gasteiger partial charge on any atom is 0.326 e. The first-order valence-electron chi connectivity index (χ1n) is 11.3. The molecular weight excluding hydrogens is 446 g/mol. The number of aromatic nitrogens is 2. The van der Waals surface area contributed by atoms with Gasteiger partial charge in [0.15, 0.2) is 0 Å². The molecule has 2 saturated heterocycles. The van der Waals surface area contributed by atoms with Crippen LogP contribution < -0.4 is 16.8 Å². The first-order chi connectivity index (χ1) is 16.2. The lowest BCUT2D eigenvalue weighted by molar-refractivity contribution is -0.148. The maximum atomic E-state index is 13.3. The number of aromatic amines is 1. The molecule has 2 aliphatic heterocycles. The van der Waals surface area contributed by atoms with Crippen molar-refractivity contribution < 1.29 is 29.1 Å². The number of likely N-dealkylation sites (tertiary alicyclic amines) is 2. The third-order valence-corrected chi connectivity index (χ3v) is 6.27. The number of carbonyl (C=O) groups is 5. The molecule has 34 heavy (non-hydrogen) atoms. The number of hydrogen-bond acceptors (Lipinski definition) is 7. The second-order valence-corrected chi connectivity index (χ2v) is 8.67. The van der Waals surface area contributed by atoms with Gasteiger partial charge in [-0.2, -0.15) is 0 Å². The Hall–Kier alpha value is -3.48. The standard InChI is InChI=1S/C21H31N7O6/c22-13(5-6-17(23)29)19(31)28-8-2-4-16(28)20(32)27-7-1-3-15(27)18(30)26-14(21(33)34)9-12-10-24-11-25-12/h10-11,13-16H,1-9,22H2,(H2,23,29)(H,24,25)(H,26,30)(H,33,34). The summed E-state index contributed by atoms with van der Waals surface area (Å²) in [6.45, 7) is 0.691. The van der Waals surface area contributed by atoms with Gasteiger partial charge < -0.3 is 36.7 Å². The fourth-order valence-corrected chi connectivity index (χ4v) is 4.50. The van der Waals surface area contributed by atoms with E-state index in [1.807, 2.05) is 0 Å². The molecule has 2 aliphatic rings. The number of nitrogens with two attached hydrogens (primary N) is 2. The van der Waals surface area contributed by atoms with Crippen LogP contribution in [0.5, 0.6) is 0 Å². The van der Waals surface area contributed by atoms with Crippen LogP contribution in [0.3, 0.4) is 0 Å². The summed E-state index contributed by atoms with van der Waals surface area (Å²) in [5, 5.41) is 12.0. The lowest BCUT2D eigenvalue weighted by atomic mass is 10.1. The number of hydrogen-bond donors (Lipinski definition) is 5. The van der Waals surface area contributed by atoms with Gasteiger partial charge in [-0.1, -0.05) is 0 Å². The predicted molar refractivity (Wildman–Crippen MR) is 118 cm³/mol. The molecule has 3 rings (SSSR count). The number of aliphatic carboxylic acids is 1. The highest BCUT2D eigenvalue weighted by molar-refractivity contribution is 5.95. The van der Waals surface area contributed by atoms with E-state index in [9.17, 15) is 29.1 Å². The Morgan fingerprint density at radius 2 is 1.82 bits per heavy atom. The number of amides is 4. The van der Waals surface area contributed by atoms with E-state index in [-0.39, 0.29) is 25.2 Å². The fraction of sp³-hybridized carbons (Fsp3) is 0.619. The Morgan fingerprint density at radius 3 is 2.44 bits per heavy atom. The number of carboxylic acids is 1. The minimum absolute atomic E-state index is 0.0236. The molecular formula is C21H31N7O6. The first-order valence-corrected chi connectivity index (χ1v) is 11.3. The zero-order valence-electron chi connectivity index (χ0n) is 18.8. The van der Waals surface area contributed by atoms with E-state index in [1.165, 1.54) is 22.3 Å². The largest absolute Gasteiger partial charge is 0.480 e. The molecule has 0 aromatic carbocycles. The van der Waals surface area contributed by atoms with Crippen LogP contribution >= 0.6 is 0 Å². The van der Waals surface area contributed by atoms with Gasteiger partial charge in [-0.05, 0) is 32.1 Å². The van der Waals surface area contributed by atoms with Crippen molar-refractivity contribution in [1.29, 1.82) is 0 Å². The SMILES string of the molecule is NC(=O)CCC(N)C(=O)N1CCCC1C(=O)N1CCCC1C(=O)NC(Cc1cnc[nH]1)C(=O)O. The van der Waals surface area contributed by atoms with Crippen molar-refractivity contribution in [3.63, 3.8) is 0 Å². The van der Waals surface area contributed by atoms with Gasteiger partial charge in [0.25, 0.3) is 0 Å². The third kappa shape index (κ3) is 5.90. The van der Waals surface area contributed by atoms with Crippen LogP contribution in [0.2, 0.25) is 0 Å². The Labute approximate surface area is 196 Å². The van der Waals surface area contributed by atoms with Gasteiger partial charge in [-0.25, -0.2) is 9.78 Å². The zero-order valence-corrected chi connectivity index (χ0v) is 18.8. The molecule has 13 heteroatoms. The van der Waals surface area contributed by atoms with Crippen LogP contribution in [0, 0.1) is 0 Å². The predicted octanol–water partition coefficient (Wildman–Crippen LogP) is -1.90. The Bertz CT molecular complexity index is 921. The summed E-state index contributed by atoms with van der Waals surface area (Å²) in [7, 11) is 0.